The van der Waals surface area contributed by atoms with Crippen LogP contribution in [0.25, 0.3) is 0 Å². The van der Waals surface area contributed by atoms with Crippen LogP contribution in [-0.2, 0) is 11.2 Å². The Kier molecular flexibility index (Phi) is 5.68. The van der Waals surface area contributed by atoms with Crippen LogP contribution in [0.2, 0.25) is 0 Å². The highest BCUT2D eigenvalue weighted by atomic mass is 32.1. The van der Waals surface area contributed by atoms with E-state index in [4.69, 9.17) is 17.0 Å². The first-order chi connectivity index (χ1) is 10.8. The Hall–Kier alpha value is -1.13. The Morgan fingerprint density at radius 2 is 1.95 bits per heavy atom. The number of likely N-dealkylation sites (tertiary alicyclic amines) is 1. The maximum absolute atomic E-state index is 5.63. The average molecular weight is 318 g/mol. The van der Waals surface area contributed by atoms with E-state index in [0.717, 1.165) is 43.7 Å². The molecule has 1 atom stereocenters. The van der Waals surface area contributed by atoms with E-state index in [9.17, 15) is 0 Å². The number of nitrogens with one attached hydrogen (secondary N) is 1. The zero-order valence-electron chi connectivity index (χ0n) is 13.2. The zero-order valence-corrected chi connectivity index (χ0v) is 14.0. The van der Waals surface area contributed by atoms with Gasteiger partial charge in [0.1, 0.15) is 0 Å². The van der Waals surface area contributed by atoms with Crippen LogP contribution in [0.15, 0.2) is 30.3 Å². The van der Waals surface area contributed by atoms with E-state index in [-0.39, 0.29) is 0 Å². The molecular formula is C18H26N2OS. The fourth-order valence-corrected chi connectivity index (χ4v) is 3.67. The number of hydrogen-bond acceptors (Lipinski definition) is 2. The van der Waals surface area contributed by atoms with Gasteiger partial charge in [0, 0.05) is 26.2 Å². The van der Waals surface area contributed by atoms with Gasteiger partial charge in [0.2, 0.25) is 0 Å². The lowest BCUT2D eigenvalue weighted by Crippen LogP contribution is -2.46. The van der Waals surface area contributed by atoms with E-state index in [1.165, 1.54) is 31.2 Å². The van der Waals surface area contributed by atoms with Crippen molar-refractivity contribution >= 4 is 17.3 Å². The summed E-state index contributed by atoms with van der Waals surface area (Å²) < 4.78 is 5.63. The molecule has 2 saturated heterocycles. The van der Waals surface area contributed by atoms with Gasteiger partial charge in [0.15, 0.2) is 5.11 Å². The largest absolute Gasteiger partial charge is 0.376 e. The van der Waals surface area contributed by atoms with Crippen molar-refractivity contribution in [1.29, 1.82) is 0 Å². The molecular weight excluding hydrogens is 292 g/mol. The van der Waals surface area contributed by atoms with Gasteiger partial charge in [-0.3, -0.25) is 0 Å². The van der Waals surface area contributed by atoms with Gasteiger partial charge in [-0.15, -0.1) is 0 Å². The summed E-state index contributed by atoms with van der Waals surface area (Å²) >= 11 is 5.54. The van der Waals surface area contributed by atoms with E-state index in [1.54, 1.807) is 0 Å². The molecule has 0 bridgehead atoms. The summed E-state index contributed by atoms with van der Waals surface area (Å²) in [5.41, 5.74) is 1.46. The number of benzene rings is 1. The molecule has 1 N–H and O–H groups in total. The standard InChI is InChI=1S/C18H26N2OS/c22-18(19-14-17-7-4-12-21-17)20-10-8-16(9-11-20)13-15-5-2-1-3-6-15/h1-3,5-6,16-17H,4,7-14H2,(H,19,22)/t17-/m0/s1. The highest BCUT2D eigenvalue weighted by Gasteiger charge is 2.22. The van der Waals surface area contributed by atoms with E-state index >= 15 is 0 Å². The molecule has 2 aliphatic rings. The van der Waals surface area contributed by atoms with Gasteiger partial charge in [0.05, 0.1) is 6.10 Å². The molecule has 120 valence electrons. The van der Waals surface area contributed by atoms with Gasteiger partial charge in [-0.1, -0.05) is 30.3 Å². The second kappa shape index (κ2) is 7.93. The van der Waals surface area contributed by atoms with Crippen LogP contribution in [0.1, 0.15) is 31.2 Å². The molecule has 4 heteroatoms. The first-order valence-corrected chi connectivity index (χ1v) is 8.90. The van der Waals surface area contributed by atoms with Crippen molar-refractivity contribution in [1.82, 2.24) is 10.2 Å². The van der Waals surface area contributed by atoms with Crippen LogP contribution in [-0.4, -0.2) is 42.4 Å². The van der Waals surface area contributed by atoms with E-state index in [0.29, 0.717) is 6.10 Å². The van der Waals surface area contributed by atoms with Crippen molar-refractivity contribution in [2.24, 2.45) is 5.92 Å². The molecule has 1 aromatic rings. The lowest BCUT2D eigenvalue weighted by atomic mass is 9.90. The molecule has 0 aliphatic carbocycles. The third kappa shape index (κ3) is 4.43. The highest BCUT2D eigenvalue weighted by molar-refractivity contribution is 7.80. The number of ether oxygens (including phenoxy) is 1. The SMILES string of the molecule is S=C(NC[C@@H]1CCCO1)N1CCC(Cc2ccccc2)CC1. The molecule has 2 fully saturated rings. The van der Waals surface area contributed by atoms with Crippen LogP contribution in [0.3, 0.4) is 0 Å². The van der Waals surface area contributed by atoms with Crippen molar-refractivity contribution in [2.75, 3.05) is 26.2 Å². The van der Waals surface area contributed by atoms with E-state index in [2.05, 4.69) is 40.5 Å². The van der Waals surface area contributed by atoms with Gasteiger partial charge < -0.3 is 15.0 Å². The van der Waals surface area contributed by atoms with Gasteiger partial charge in [-0.25, -0.2) is 0 Å². The molecule has 0 spiro atoms. The molecule has 0 unspecified atom stereocenters. The number of thiocarbonyl (C=S) groups is 1. The Balaban J connectivity index is 1.38. The Morgan fingerprint density at radius 3 is 2.64 bits per heavy atom. The Morgan fingerprint density at radius 1 is 1.18 bits per heavy atom. The fourth-order valence-electron chi connectivity index (χ4n) is 3.41. The summed E-state index contributed by atoms with van der Waals surface area (Å²) in [4.78, 5) is 2.33. The highest BCUT2D eigenvalue weighted by Crippen LogP contribution is 2.21. The maximum atomic E-state index is 5.63. The quantitative estimate of drug-likeness (QED) is 0.863. The lowest BCUT2D eigenvalue weighted by molar-refractivity contribution is 0.113. The van der Waals surface area contributed by atoms with Crippen LogP contribution >= 0.6 is 12.2 Å². The summed E-state index contributed by atoms with van der Waals surface area (Å²) in [6, 6.07) is 10.8. The fraction of sp³-hybridized carbons (Fsp3) is 0.611. The number of hydrogen-bond donors (Lipinski definition) is 1. The number of piperidine rings is 1. The van der Waals surface area contributed by atoms with E-state index < -0.39 is 0 Å². The molecule has 1 aromatic carbocycles. The predicted molar refractivity (Wildman–Crippen MR) is 94.0 cm³/mol. The van der Waals surface area contributed by atoms with Crippen LogP contribution in [0.5, 0.6) is 0 Å². The number of nitrogens with zero attached hydrogens (tertiary/aromatic N) is 1. The third-order valence-electron chi connectivity index (χ3n) is 4.77. The van der Waals surface area contributed by atoms with Crippen LogP contribution in [0, 0.1) is 5.92 Å². The van der Waals surface area contributed by atoms with Crippen molar-refractivity contribution in [3.05, 3.63) is 35.9 Å². The second-order valence-electron chi connectivity index (χ2n) is 6.44. The average Bonchev–Trinajstić information content (AvgIpc) is 3.08. The van der Waals surface area contributed by atoms with Crippen molar-refractivity contribution in [3.63, 3.8) is 0 Å². The third-order valence-corrected chi connectivity index (χ3v) is 5.18. The van der Waals surface area contributed by atoms with Crippen LogP contribution in [0.4, 0.5) is 0 Å². The summed E-state index contributed by atoms with van der Waals surface area (Å²) in [5.74, 6) is 0.791. The summed E-state index contributed by atoms with van der Waals surface area (Å²) in [7, 11) is 0. The number of rotatable bonds is 4. The first-order valence-electron chi connectivity index (χ1n) is 8.49. The predicted octanol–water partition coefficient (Wildman–Crippen LogP) is 2.99. The summed E-state index contributed by atoms with van der Waals surface area (Å²) in [6.45, 7) is 3.93. The molecule has 22 heavy (non-hydrogen) atoms. The molecule has 0 saturated carbocycles. The minimum absolute atomic E-state index is 0.355. The minimum Gasteiger partial charge on any atom is -0.376 e. The Bertz CT molecular complexity index is 465. The lowest BCUT2D eigenvalue weighted by Gasteiger charge is -2.34. The molecule has 2 heterocycles. The second-order valence-corrected chi connectivity index (χ2v) is 6.83. The topological polar surface area (TPSA) is 24.5 Å². The van der Waals surface area contributed by atoms with Gasteiger partial charge >= 0.3 is 0 Å². The smallest absolute Gasteiger partial charge is 0.169 e. The zero-order chi connectivity index (χ0) is 15.2. The molecule has 3 nitrogen and oxygen atoms in total. The van der Waals surface area contributed by atoms with Crippen molar-refractivity contribution in [2.45, 2.75) is 38.2 Å². The van der Waals surface area contributed by atoms with Gasteiger partial charge in [0.25, 0.3) is 0 Å². The molecule has 0 aromatic heterocycles. The Labute approximate surface area is 139 Å². The van der Waals surface area contributed by atoms with Crippen molar-refractivity contribution < 1.29 is 4.74 Å². The molecule has 3 rings (SSSR count). The normalized spacial score (nSPS) is 22.7. The summed E-state index contributed by atoms with van der Waals surface area (Å²) in [6.07, 6.45) is 6.37. The van der Waals surface area contributed by atoms with Gasteiger partial charge in [-0.2, -0.15) is 0 Å². The van der Waals surface area contributed by atoms with E-state index in [1.807, 2.05) is 0 Å². The monoisotopic (exact) mass is 318 g/mol. The van der Waals surface area contributed by atoms with Crippen LogP contribution < -0.4 is 5.32 Å². The molecule has 0 radical (unpaired) electrons. The summed E-state index contributed by atoms with van der Waals surface area (Å²) in [5, 5.41) is 4.30. The minimum atomic E-state index is 0.355. The van der Waals surface area contributed by atoms with Crippen molar-refractivity contribution in [3.8, 4) is 0 Å². The maximum Gasteiger partial charge on any atom is 0.169 e. The molecule has 0 amide bonds. The first kappa shape index (κ1) is 15.8. The van der Waals surface area contributed by atoms with Gasteiger partial charge in [-0.05, 0) is 55.8 Å². The molecule has 2 aliphatic heterocycles.